The number of hydrogen-bond acceptors (Lipinski definition) is 3. The molecule has 1 amide bonds. The number of carbonyl (C=O) groups is 1. The summed E-state index contributed by atoms with van der Waals surface area (Å²) in [4.78, 5) is 14.5. The molecule has 0 aliphatic carbocycles. The van der Waals surface area contributed by atoms with Crippen LogP contribution in [-0.4, -0.2) is 42.6 Å². The van der Waals surface area contributed by atoms with E-state index in [2.05, 4.69) is 0 Å². The zero-order valence-corrected chi connectivity index (χ0v) is 10.7. The number of carbonyl (C=O) groups excluding carboxylic acids is 1. The molecule has 2 aliphatic rings. The SMILES string of the molecule is CC(N)C1CCCCN1C(=O)C1CCOCC1. The van der Waals surface area contributed by atoms with Crippen LogP contribution < -0.4 is 5.73 Å². The Hall–Kier alpha value is -0.610. The maximum atomic E-state index is 12.5. The highest BCUT2D eigenvalue weighted by Gasteiger charge is 2.33. The topological polar surface area (TPSA) is 55.6 Å². The molecule has 0 spiro atoms. The first-order chi connectivity index (χ1) is 8.20. The van der Waals surface area contributed by atoms with Crippen molar-refractivity contribution in [2.45, 2.75) is 51.1 Å². The molecular formula is C13H24N2O2. The lowest BCUT2D eigenvalue weighted by molar-refractivity contribution is -0.142. The molecule has 2 fully saturated rings. The van der Waals surface area contributed by atoms with Gasteiger partial charge < -0.3 is 15.4 Å². The van der Waals surface area contributed by atoms with Crippen molar-refractivity contribution < 1.29 is 9.53 Å². The van der Waals surface area contributed by atoms with Gasteiger partial charge in [-0.25, -0.2) is 0 Å². The standard InChI is InChI=1S/C13H24N2O2/c1-10(14)12-4-2-3-7-15(12)13(16)11-5-8-17-9-6-11/h10-12H,2-9,14H2,1H3. The summed E-state index contributed by atoms with van der Waals surface area (Å²) in [6, 6.07) is 0.332. The second kappa shape index (κ2) is 5.83. The average Bonchev–Trinajstić information content (AvgIpc) is 2.39. The van der Waals surface area contributed by atoms with E-state index in [1.807, 2.05) is 11.8 Å². The molecule has 2 rings (SSSR count). The molecule has 0 radical (unpaired) electrons. The van der Waals surface area contributed by atoms with Crippen molar-refractivity contribution >= 4 is 5.91 Å². The van der Waals surface area contributed by atoms with Crippen LogP contribution in [-0.2, 0) is 9.53 Å². The molecule has 0 aromatic carbocycles. The highest BCUT2D eigenvalue weighted by Crippen LogP contribution is 2.24. The van der Waals surface area contributed by atoms with Gasteiger partial charge in [0.1, 0.15) is 0 Å². The third kappa shape index (κ3) is 2.99. The first-order valence-corrected chi connectivity index (χ1v) is 6.84. The fourth-order valence-electron chi connectivity index (χ4n) is 2.96. The Morgan fingerprint density at radius 2 is 2.00 bits per heavy atom. The van der Waals surface area contributed by atoms with Crippen LogP contribution in [0, 0.1) is 5.92 Å². The summed E-state index contributed by atoms with van der Waals surface area (Å²) >= 11 is 0. The molecule has 0 aromatic rings. The number of nitrogens with zero attached hydrogens (tertiary/aromatic N) is 1. The maximum Gasteiger partial charge on any atom is 0.226 e. The molecule has 2 atom stereocenters. The molecule has 0 aromatic heterocycles. The highest BCUT2D eigenvalue weighted by atomic mass is 16.5. The van der Waals surface area contributed by atoms with Crippen LogP contribution in [0.2, 0.25) is 0 Å². The molecule has 0 saturated carbocycles. The van der Waals surface area contributed by atoms with Gasteiger partial charge in [0.2, 0.25) is 5.91 Å². The highest BCUT2D eigenvalue weighted by molar-refractivity contribution is 5.79. The van der Waals surface area contributed by atoms with Gasteiger partial charge in [0, 0.05) is 37.8 Å². The van der Waals surface area contributed by atoms with E-state index in [-0.39, 0.29) is 18.0 Å². The number of ether oxygens (including phenoxy) is 1. The molecule has 4 heteroatoms. The minimum absolute atomic E-state index is 0.0825. The van der Waals surface area contributed by atoms with E-state index in [4.69, 9.17) is 10.5 Å². The summed E-state index contributed by atoms with van der Waals surface area (Å²) in [5.74, 6) is 0.485. The number of hydrogen-bond donors (Lipinski definition) is 1. The van der Waals surface area contributed by atoms with E-state index in [1.165, 1.54) is 6.42 Å². The molecule has 2 N–H and O–H groups in total. The van der Waals surface area contributed by atoms with E-state index >= 15 is 0 Å². The summed E-state index contributed by atoms with van der Waals surface area (Å²) in [6.07, 6.45) is 5.14. The van der Waals surface area contributed by atoms with E-state index < -0.39 is 0 Å². The van der Waals surface area contributed by atoms with Crippen LogP contribution in [0.1, 0.15) is 39.0 Å². The quantitative estimate of drug-likeness (QED) is 0.787. The molecule has 98 valence electrons. The number of piperidine rings is 1. The third-order valence-corrected chi connectivity index (χ3v) is 4.01. The first kappa shape index (κ1) is 12.8. The van der Waals surface area contributed by atoms with Crippen LogP contribution in [0.5, 0.6) is 0 Å². The normalized spacial score (nSPS) is 29.1. The van der Waals surface area contributed by atoms with Gasteiger partial charge >= 0.3 is 0 Å². The van der Waals surface area contributed by atoms with Crippen LogP contribution in [0.15, 0.2) is 0 Å². The Balaban J connectivity index is 1.99. The molecule has 2 aliphatic heterocycles. The number of nitrogens with two attached hydrogens (primary N) is 1. The van der Waals surface area contributed by atoms with Crippen molar-refractivity contribution in [3.8, 4) is 0 Å². The van der Waals surface area contributed by atoms with Crippen molar-refractivity contribution in [2.75, 3.05) is 19.8 Å². The van der Waals surface area contributed by atoms with Crippen molar-refractivity contribution in [1.82, 2.24) is 4.90 Å². The predicted octanol–water partition coefficient (Wildman–Crippen LogP) is 1.14. The minimum atomic E-state index is 0.0825. The molecule has 0 bridgehead atoms. The zero-order chi connectivity index (χ0) is 12.3. The van der Waals surface area contributed by atoms with Gasteiger partial charge in [0.25, 0.3) is 0 Å². The summed E-state index contributed by atoms with van der Waals surface area (Å²) in [5, 5.41) is 0. The Labute approximate surface area is 103 Å². The first-order valence-electron chi connectivity index (χ1n) is 6.84. The van der Waals surface area contributed by atoms with Gasteiger partial charge in [-0.2, -0.15) is 0 Å². The third-order valence-electron chi connectivity index (χ3n) is 4.01. The van der Waals surface area contributed by atoms with Crippen LogP contribution in [0.4, 0.5) is 0 Å². The monoisotopic (exact) mass is 240 g/mol. The van der Waals surface area contributed by atoms with Gasteiger partial charge in [-0.05, 0) is 39.0 Å². The molecule has 2 unspecified atom stereocenters. The summed E-state index contributed by atoms with van der Waals surface area (Å²) in [7, 11) is 0. The Kier molecular flexibility index (Phi) is 4.40. The summed E-state index contributed by atoms with van der Waals surface area (Å²) in [6.45, 7) is 4.36. The Morgan fingerprint density at radius 3 is 2.65 bits per heavy atom. The molecule has 2 heterocycles. The van der Waals surface area contributed by atoms with Crippen LogP contribution >= 0.6 is 0 Å². The molecule has 2 saturated heterocycles. The Bertz CT molecular complexity index is 262. The van der Waals surface area contributed by atoms with Crippen molar-refractivity contribution in [1.29, 1.82) is 0 Å². The Morgan fingerprint density at radius 1 is 1.29 bits per heavy atom. The largest absolute Gasteiger partial charge is 0.381 e. The predicted molar refractivity (Wildman–Crippen MR) is 66.5 cm³/mol. The fraction of sp³-hybridized carbons (Fsp3) is 0.923. The van der Waals surface area contributed by atoms with Gasteiger partial charge in [0.05, 0.1) is 0 Å². The van der Waals surface area contributed by atoms with Gasteiger partial charge in [0.15, 0.2) is 0 Å². The smallest absolute Gasteiger partial charge is 0.226 e. The molecular weight excluding hydrogens is 216 g/mol. The molecule has 4 nitrogen and oxygen atoms in total. The minimum Gasteiger partial charge on any atom is -0.381 e. The van der Waals surface area contributed by atoms with E-state index in [9.17, 15) is 4.79 Å². The van der Waals surface area contributed by atoms with Crippen LogP contribution in [0.25, 0.3) is 0 Å². The van der Waals surface area contributed by atoms with Gasteiger partial charge in [-0.15, -0.1) is 0 Å². The van der Waals surface area contributed by atoms with E-state index in [0.29, 0.717) is 5.91 Å². The lowest BCUT2D eigenvalue weighted by atomic mass is 9.92. The van der Waals surface area contributed by atoms with Gasteiger partial charge in [-0.3, -0.25) is 4.79 Å². The maximum absolute atomic E-state index is 12.5. The summed E-state index contributed by atoms with van der Waals surface area (Å²) in [5.41, 5.74) is 6.01. The fourth-order valence-corrected chi connectivity index (χ4v) is 2.96. The lowest BCUT2D eigenvalue weighted by Crippen LogP contribution is -2.53. The average molecular weight is 240 g/mol. The molecule has 17 heavy (non-hydrogen) atoms. The van der Waals surface area contributed by atoms with Crippen molar-refractivity contribution in [2.24, 2.45) is 11.7 Å². The van der Waals surface area contributed by atoms with E-state index in [1.54, 1.807) is 0 Å². The number of amides is 1. The number of likely N-dealkylation sites (tertiary alicyclic amines) is 1. The second-order valence-corrected chi connectivity index (χ2v) is 5.34. The van der Waals surface area contributed by atoms with E-state index in [0.717, 1.165) is 45.4 Å². The second-order valence-electron chi connectivity index (χ2n) is 5.34. The zero-order valence-electron chi connectivity index (χ0n) is 10.7. The van der Waals surface area contributed by atoms with Gasteiger partial charge in [-0.1, -0.05) is 0 Å². The van der Waals surface area contributed by atoms with Crippen molar-refractivity contribution in [3.63, 3.8) is 0 Å². The van der Waals surface area contributed by atoms with Crippen molar-refractivity contribution in [3.05, 3.63) is 0 Å². The van der Waals surface area contributed by atoms with Crippen LogP contribution in [0.3, 0.4) is 0 Å². The summed E-state index contributed by atoms with van der Waals surface area (Å²) < 4.78 is 5.32. The lowest BCUT2D eigenvalue weighted by Gasteiger charge is -2.40. The number of rotatable bonds is 2.